The average Bonchev–Trinajstić information content (AvgIpc) is 3.12. The van der Waals surface area contributed by atoms with Crippen molar-refractivity contribution in [2.24, 2.45) is 5.41 Å². The number of aliphatic hydroxyl groups excluding tert-OH is 1. The van der Waals surface area contributed by atoms with Crippen LogP contribution in [0.15, 0.2) is 47.4 Å². The van der Waals surface area contributed by atoms with Crippen molar-refractivity contribution in [1.29, 1.82) is 5.26 Å². The van der Waals surface area contributed by atoms with Gasteiger partial charge in [0.2, 0.25) is 6.79 Å². The molecule has 3 atom stereocenters. The van der Waals surface area contributed by atoms with E-state index in [2.05, 4.69) is 0 Å². The van der Waals surface area contributed by atoms with Gasteiger partial charge < -0.3 is 14.6 Å². The maximum atomic E-state index is 13.1. The number of ether oxygens (including phenoxy) is 2. The summed E-state index contributed by atoms with van der Waals surface area (Å²) >= 11 is 5.83. The van der Waals surface area contributed by atoms with E-state index in [1.807, 2.05) is 6.07 Å². The van der Waals surface area contributed by atoms with Crippen LogP contribution in [0.3, 0.4) is 0 Å². The molecule has 0 saturated heterocycles. The Balaban J connectivity index is 1.77. The summed E-state index contributed by atoms with van der Waals surface area (Å²) in [5.41, 5.74) is -0.779. The van der Waals surface area contributed by atoms with Crippen LogP contribution in [0.2, 0.25) is 5.02 Å². The molecule has 4 rings (SSSR count). The van der Waals surface area contributed by atoms with Crippen LogP contribution in [0.5, 0.6) is 11.5 Å². The zero-order valence-electron chi connectivity index (χ0n) is 13.4. The molecule has 0 bridgehead atoms. The van der Waals surface area contributed by atoms with Crippen LogP contribution in [0.25, 0.3) is 0 Å². The molecule has 1 N–H and O–H groups in total. The van der Waals surface area contributed by atoms with Crippen LogP contribution in [0.1, 0.15) is 11.5 Å². The van der Waals surface area contributed by atoms with Crippen molar-refractivity contribution in [3.8, 4) is 17.6 Å². The predicted octanol–water partition coefficient (Wildman–Crippen LogP) is 2.51. The largest absolute Gasteiger partial charge is 0.454 e. The Morgan fingerprint density at radius 3 is 2.54 bits per heavy atom. The van der Waals surface area contributed by atoms with Crippen LogP contribution in [0.4, 0.5) is 0 Å². The highest BCUT2D eigenvalue weighted by atomic mass is 35.5. The minimum atomic E-state index is -3.84. The topological polar surface area (TPSA) is 96.6 Å². The zero-order chi connectivity index (χ0) is 18.5. The van der Waals surface area contributed by atoms with E-state index in [9.17, 15) is 18.8 Å². The Labute approximate surface area is 155 Å². The van der Waals surface area contributed by atoms with E-state index in [-0.39, 0.29) is 11.7 Å². The fourth-order valence-corrected chi connectivity index (χ4v) is 6.01. The molecule has 26 heavy (non-hydrogen) atoms. The summed E-state index contributed by atoms with van der Waals surface area (Å²) in [6, 6.07) is 12.9. The smallest absolute Gasteiger partial charge is 0.231 e. The summed E-state index contributed by atoms with van der Waals surface area (Å²) in [5, 5.41) is 18.9. The van der Waals surface area contributed by atoms with E-state index in [1.165, 1.54) is 24.3 Å². The summed E-state index contributed by atoms with van der Waals surface area (Å²) < 4.78 is 36.8. The minimum absolute atomic E-state index is 0.0724. The second-order valence-corrected chi connectivity index (χ2v) is 8.83. The van der Waals surface area contributed by atoms with Gasteiger partial charge in [0, 0.05) is 10.9 Å². The van der Waals surface area contributed by atoms with Crippen molar-refractivity contribution >= 4 is 21.4 Å². The van der Waals surface area contributed by atoms with Gasteiger partial charge in [0.15, 0.2) is 21.3 Å². The van der Waals surface area contributed by atoms with Crippen LogP contribution in [-0.2, 0) is 9.84 Å². The van der Waals surface area contributed by atoms with Crippen LogP contribution < -0.4 is 9.47 Å². The van der Waals surface area contributed by atoms with Gasteiger partial charge in [0.1, 0.15) is 5.41 Å². The molecule has 0 unspecified atom stereocenters. The molecule has 8 heteroatoms. The number of aliphatic hydroxyl groups is 1. The van der Waals surface area contributed by atoms with Crippen molar-refractivity contribution in [1.82, 2.24) is 0 Å². The Morgan fingerprint density at radius 2 is 1.88 bits per heavy atom. The van der Waals surface area contributed by atoms with Crippen molar-refractivity contribution in [2.75, 3.05) is 13.4 Å². The number of rotatable bonds is 4. The molecular formula is C18H14ClNO5S. The van der Waals surface area contributed by atoms with Crippen molar-refractivity contribution < 1.29 is 23.0 Å². The maximum Gasteiger partial charge on any atom is 0.231 e. The van der Waals surface area contributed by atoms with Gasteiger partial charge in [-0.1, -0.05) is 17.7 Å². The number of sulfone groups is 1. The number of nitrogens with zero attached hydrogens (tertiary/aromatic N) is 1. The van der Waals surface area contributed by atoms with E-state index in [0.717, 1.165) is 0 Å². The Kier molecular flexibility index (Phi) is 3.88. The molecular weight excluding hydrogens is 378 g/mol. The quantitative estimate of drug-likeness (QED) is 0.860. The number of halogens is 1. The molecule has 1 heterocycles. The molecule has 2 aromatic carbocycles. The molecule has 0 radical (unpaired) electrons. The number of benzene rings is 2. The van der Waals surface area contributed by atoms with Gasteiger partial charge in [-0.05, 0) is 42.0 Å². The molecule has 1 aliphatic carbocycles. The van der Waals surface area contributed by atoms with Gasteiger partial charge in [0.25, 0.3) is 0 Å². The van der Waals surface area contributed by atoms with E-state index in [4.69, 9.17) is 21.1 Å². The van der Waals surface area contributed by atoms with Gasteiger partial charge in [0.05, 0.1) is 22.8 Å². The highest BCUT2D eigenvalue weighted by Gasteiger charge is 2.72. The van der Waals surface area contributed by atoms with Gasteiger partial charge in [-0.25, -0.2) is 8.42 Å². The Hall–Kier alpha value is -2.27. The molecule has 2 aromatic rings. The summed E-state index contributed by atoms with van der Waals surface area (Å²) in [6.45, 7) is -0.459. The third kappa shape index (κ3) is 2.37. The van der Waals surface area contributed by atoms with Crippen LogP contribution >= 0.6 is 11.6 Å². The molecule has 1 saturated carbocycles. The number of hydrogen-bond donors (Lipinski definition) is 1. The zero-order valence-corrected chi connectivity index (χ0v) is 15.0. The third-order valence-electron chi connectivity index (χ3n) is 4.96. The Bertz CT molecular complexity index is 1010. The van der Waals surface area contributed by atoms with Crippen molar-refractivity contribution in [3.05, 3.63) is 53.1 Å². The van der Waals surface area contributed by atoms with E-state index in [1.54, 1.807) is 18.2 Å². The molecule has 2 aliphatic rings. The molecule has 0 amide bonds. The first-order valence-corrected chi connectivity index (χ1v) is 9.77. The fourth-order valence-electron chi connectivity index (χ4n) is 3.57. The van der Waals surface area contributed by atoms with E-state index in [0.29, 0.717) is 22.1 Å². The number of hydrogen-bond acceptors (Lipinski definition) is 6. The van der Waals surface area contributed by atoms with Crippen molar-refractivity contribution in [3.63, 3.8) is 0 Å². The van der Waals surface area contributed by atoms with Gasteiger partial charge >= 0.3 is 0 Å². The van der Waals surface area contributed by atoms with Crippen molar-refractivity contribution in [2.45, 2.75) is 16.1 Å². The first-order chi connectivity index (χ1) is 12.4. The normalized spacial score (nSPS) is 26.3. The molecule has 134 valence electrons. The molecule has 6 nitrogen and oxygen atoms in total. The van der Waals surface area contributed by atoms with Gasteiger partial charge in [-0.2, -0.15) is 5.26 Å². The standard InChI is InChI=1S/C18H14ClNO5S/c19-12-2-4-13(5-3-12)26(22,23)17-16(18(17,8-20)9-21)11-1-6-14-15(7-11)25-10-24-14/h1-7,16-17,21H,9-10H2/t16-,17+,18+/m1/s1. The van der Waals surface area contributed by atoms with Crippen LogP contribution in [0, 0.1) is 16.7 Å². The van der Waals surface area contributed by atoms with Gasteiger partial charge in [-0.15, -0.1) is 0 Å². The van der Waals surface area contributed by atoms with E-state index >= 15 is 0 Å². The lowest BCUT2D eigenvalue weighted by Crippen LogP contribution is -2.18. The highest BCUT2D eigenvalue weighted by Crippen LogP contribution is 2.64. The second kappa shape index (κ2) is 5.88. The molecule has 1 aliphatic heterocycles. The lowest BCUT2D eigenvalue weighted by atomic mass is 10.0. The summed E-state index contributed by atoms with van der Waals surface area (Å²) in [5.74, 6) is 0.410. The SMILES string of the molecule is N#C[C@]1(CO)[C@H](c2ccc3c(c2)OCO3)[C@@H]1S(=O)(=O)c1ccc(Cl)cc1. The average molecular weight is 392 g/mol. The lowest BCUT2D eigenvalue weighted by molar-refractivity contribution is 0.174. The Morgan fingerprint density at radius 1 is 1.19 bits per heavy atom. The summed E-state index contributed by atoms with van der Waals surface area (Å²) in [6.07, 6.45) is 0. The van der Waals surface area contributed by atoms with Crippen LogP contribution in [-0.4, -0.2) is 32.2 Å². The van der Waals surface area contributed by atoms with Gasteiger partial charge in [-0.3, -0.25) is 0 Å². The highest BCUT2D eigenvalue weighted by molar-refractivity contribution is 7.92. The summed E-state index contributed by atoms with van der Waals surface area (Å²) in [7, 11) is -3.84. The number of nitriles is 1. The second-order valence-electron chi connectivity index (χ2n) is 6.32. The first kappa shape index (κ1) is 17.2. The lowest BCUT2D eigenvalue weighted by Gasteiger charge is -2.06. The third-order valence-corrected chi connectivity index (χ3v) is 7.50. The molecule has 1 fully saturated rings. The first-order valence-electron chi connectivity index (χ1n) is 7.85. The monoisotopic (exact) mass is 391 g/mol. The van der Waals surface area contributed by atoms with E-state index < -0.39 is 33.0 Å². The fraction of sp³-hybridized carbons (Fsp3) is 0.278. The number of fused-ring (bicyclic) bond motifs is 1. The predicted molar refractivity (Wildman–Crippen MR) is 92.9 cm³/mol. The molecule has 0 spiro atoms. The summed E-state index contributed by atoms with van der Waals surface area (Å²) in [4.78, 5) is 0.0724. The molecule has 0 aromatic heterocycles. The maximum absolute atomic E-state index is 13.1. The minimum Gasteiger partial charge on any atom is -0.454 e.